The van der Waals surface area contributed by atoms with Crippen LogP contribution in [-0.2, 0) is 12.6 Å². The lowest BCUT2D eigenvalue weighted by Crippen LogP contribution is -2.33. The second kappa shape index (κ2) is 7.97. The van der Waals surface area contributed by atoms with Crippen LogP contribution in [0.15, 0.2) is 28.7 Å². The topological polar surface area (TPSA) is 80.0 Å². The molecule has 1 fully saturated rings. The molecule has 1 atom stereocenters. The van der Waals surface area contributed by atoms with E-state index in [4.69, 9.17) is 0 Å². The highest BCUT2D eigenvalue weighted by Crippen LogP contribution is 2.40. The summed E-state index contributed by atoms with van der Waals surface area (Å²) in [7, 11) is 0. The first kappa shape index (κ1) is 19.8. The highest BCUT2D eigenvalue weighted by Gasteiger charge is 2.44. The molecule has 2 aromatic rings. The van der Waals surface area contributed by atoms with E-state index in [-0.39, 0.29) is 25.1 Å². The van der Waals surface area contributed by atoms with Gasteiger partial charge in [0.05, 0.1) is 6.04 Å². The van der Waals surface area contributed by atoms with Crippen molar-refractivity contribution in [1.29, 1.82) is 0 Å². The molecule has 0 saturated heterocycles. The number of aliphatic hydroxyl groups excluding tert-OH is 1. The van der Waals surface area contributed by atoms with Crippen LogP contribution < -0.4 is 5.32 Å². The monoisotopic (exact) mass is 446 g/mol. The third-order valence-electron chi connectivity index (χ3n) is 4.32. The summed E-state index contributed by atoms with van der Waals surface area (Å²) in [4.78, 5) is 12.3. The van der Waals surface area contributed by atoms with Crippen molar-refractivity contribution in [3.8, 4) is 0 Å². The smallest absolute Gasteiger partial charge is 0.396 e. The van der Waals surface area contributed by atoms with Gasteiger partial charge in [0.2, 0.25) is 0 Å². The summed E-state index contributed by atoms with van der Waals surface area (Å²) >= 11 is 3.33. The highest BCUT2D eigenvalue weighted by molar-refractivity contribution is 9.10. The number of benzene rings is 1. The molecule has 27 heavy (non-hydrogen) atoms. The number of nitrogens with one attached hydrogen (secondary N) is 1. The van der Waals surface area contributed by atoms with E-state index >= 15 is 0 Å². The Balaban J connectivity index is 1.67. The number of aliphatic hydroxyl groups is 1. The van der Waals surface area contributed by atoms with Gasteiger partial charge in [-0.1, -0.05) is 33.3 Å². The molecule has 1 aliphatic rings. The molecular weight excluding hydrogens is 429 g/mol. The average molecular weight is 447 g/mol. The Morgan fingerprint density at radius 2 is 2.00 bits per heavy atom. The van der Waals surface area contributed by atoms with Crippen LogP contribution in [-0.4, -0.2) is 39.2 Å². The van der Waals surface area contributed by atoms with E-state index in [2.05, 4.69) is 31.6 Å². The summed E-state index contributed by atoms with van der Waals surface area (Å²) in [6.07, 6.45) is -3.06. The minimum atomic E-state index is -4.72. The SMILES string of the molecule is O=C(NC[C@@H](CO)Cc1ccc(Br)cc1)c1nnn(C2CC2)c1C(F)(F)F. The zero-order valence-electron chi connectivity index (χ0n) is 14.2. The van der Waals surface area contributed by atoms with Gasteiger partial charge in [0.15, 0.2) is 11.4 Å². The molecule has 146 valence electrons. The molecule has 3 rings (SSSR count). The van der Waals surface area contributed by atoms with Crippen molar-refractivity contribution in [2.45, 2.75) is 31.5 Å². The number of aromatic nitrogens is 3. The molecule has 0 spiro atoms. The standard InChI is InChI=1S/C17H18BrF3N4O2/c18-12-3-1-10(2-4-12)7-11(9-26)8-22-16(27)14-15(17(19,20)21)25(24-23-14)13-5-6-13/h1-4,11,13,26H,5-9H2,(H,22,27)/t11-/m0/s1. The Morgan fingerprint density at radius 1 is 1.33 bits per heavy atom. The van der Waals surface area contributed by atoms with E-state index < -0.39 is 23.5 Å². The van der Waals surface area contributed by atoms with Crippen LogP contribution >= 0.6 is 15.9 Å². The van der Waals surface area contributed by atoms with Gasteiger partial charge in [-0.3, -0.25) is 4.79 Å². The molecule has 10 heteroatoms. The average Bonchev–Trinajstić information content (AvgIpc) is 3.36. The van der Waals surface area contributed by atoms with Crippen molar-refractivity contribution in [2.24, 2.45) is 5.92 Å². The number of halogens is 4. The molecule has 0 bridgehead atoms. The first-order valence-electron chi connectivity index (χ1n) is 8.45. The minimum absolute atomic E-state index is 0.0268. The van der Waals surface area contributed by atoms with E-state index in [1.54, 1.807) is 0 Å². The van der Waals surface area contributed by atoms with Crippen LogP contribution in [0.2, 0.25) is 0 Å². The molecule has 0 unspecified atom stereocenters. The van der Waals surface area contributed by atoms with Crippen molar-refractivity contribution in [3.05, 3.63) is 45.7 Å². The van der Waals surface area contributed by atoms with Crippen LogP contribution in [0.5, 0.6) is 0 Å². The fraction of sp³-hybridized carbons (Fsp3) is 0.471. The lowest BCUT2D eigenvalue weighted by molar-refractivity contribution is -0.144. The Bertz CT molecular complexity index is 804. The van der Waals surface area contributed by atoms with E-state index in [1.807, 2.05) is 24.3 Å². The number of carbonyl (C=O) groups is 1. The second-order valence-electron chi connectivity index (χ2n) is 6.55. The molecule has 1 saturated carbocycles. The fourth-order valence-corrected chi connectivity index (χ4v) is 3.03. The number of rotatable bonds is 7. The van der Waals surface area contributed by atoms with Crippen molar-refractivity contribution < 1.29 is 23.1 Å². The summed E-state index contributed by atoms with van der Waals surface area (Å²) < 4.78 is 41.8. The van der Waals surface area contributed by atoms with Gasteiger partial charge in [0.25, 0.3) is 5.91 Å². The molecular formula is C17H18BrF3N4O2. The third-order valence-corrected chi connectivity index (χ3v) is 4.85. The van der Waals surface area contributed by atoms with Crippen molar-refractivity contribution in [2.75, 3.05) is 13.2 Å². The summed E-state index contributed by atoms with van der Waals surface area (Å²) in [5.74, 6) is -1.27. The highest BCUT2D eigenvalue weighted by atomic mass is 79.9. The normalized spacial score (nSPS) is 15.6. The maximum Gasteiger partial charge on any atom is 0.435 e. The summed E-state index contributed by atoms with van der Waals surface area (Å²) in [5.41, 5.74) is -0.896. The van der Waals surface area contributed by atoms with Crippen molar-refractivity contribution in [3.63, 3.8) is 0 Å². The summed E-state index contributed by atoms with van der Waals surface area (Å²) in [5, 5.41) is 18.9. The molecule has 1 amide bonds. The fourth-order valence-electron chi connectivity index (χ4n) is 2.76. The first-order chi connectivity index (χ1) is 12.8. The van der Waals surface area contributed by atoms with Gasteiger partial charge in [-0.05, 0) is 37.0 Å². The van der Waals surface area contributed by atoms with Crippen molar-refractivity contribution >= 4 is 21.8 Å². The molecule has 1 heterocycles. The molecule has 1 aliphatic carbocycles. The number of carbonyl (C=O) groups excluding carboxylic acids is 1. The largest absolute Gasteiger partial charge is 0.435 e. The number of amides is 1. The Labute approximate surface area is 161 Å². The van der Waals surface area contributed by atoms with Crippen LogP contribution in [0.3, 0.4) is 0 Å². The molecule has 1 aromatic carbocycles. The number of alkyl halides is 3. The van der Waals surface area contributed by atoms with Gasteiger partial charge >= 0.3 is 6.18 Å². The molecule has 1 aromatic heterocycles. The van der Waals surface area contributed by atoms with Gasteiger partial charge < -0.3 is 10.4 Å². The van der Waals surface area contributed by atoms with Crippen LogP contribution in [0.4, 0.5) is 13.2 Å². The van der Waals surface area contributed by atoms with E-state index in [1.165, 1.54) is 0 Å². The molecule has 2 N–H and O–H groups in total. The lowest BCUT2D eigenvalue weighted by atomic mass is 10.00. The number of nitrogens with zero attached hydrogens (tertiary/aromatic N) is 3. The minimum Gasteiger partial charge on any atom is -0.396 e. The first-order valence-corrected chi connectivity index (χ1v) is 9.24. The Morgan fingerprint density at radius 3 is 2.56 bits per heavy atom. The number of hydrogen-bond donors (Lipinski definition) is 2. The zero-order valence-corrected chi connectivity index (χ0v) is 15.8. The van der Waals surface area contributed by atoms with E-state index in [0.29, 0.717) is 19.3 Å². The molecule has 6 nitrogen and oxygen atoms in total. The van der Waals surface area contributed by atoms with Gasteiger partial charge in [0.1, 0.15) is 0 Å². The maximum atomic E-state index is 13.4. The van der Waals surface area contributed by atoms with Gasteiger partial charge in [-0.15, -0.1) is 5.10 Å². The number of hydrogen-bond acceptors (Lipinski definition) is 4. The third kappa shape index (κ3) is 4.86. The summed E-state index contributed by atoms with van der Waals surface area (Å²) in [6.45, 7) is -0.184. The molecule has 0 radical (unpaired) electrons. The van der Waals surface area contributed by atoms with Crippen molar-refractivity contribution in [1.82, 2.24) is 20.3 Å². The lowest BCUT2D eigenvalue weighted by Gasteiger charge is -2.15. The second-order valence-corrected chi connectivity index (χ2v) is 7.47. The quantitative estimate of drug-likeness (QED) is 0.684. The predicted molar refractivity (Wildman–Crippen MR) is 94.1 cm³/mol. The van der Waals surface area contributed by atoms with Gasteiger partial charge in [-0.2, -0.15) is 13.2 Å². The Kier molecular flexibility index (Phi) is 5.85. The van der Waals surface area contributed by atoms with E-state index in [0.717, 1.165) is 14.7 Å². The van der Waals surface area contributed by atoms with E-state index in [9.17, 15) is 23.1 Å². The van der Waals surface area contributed by atoms with Crippen LogP contribution in [0, 0.1) is 5.92 Å². The van der Waals surface area contributed by atoms with Crippen LogP contribution in [0.25, 0.3) is 0 Å². The van der Waals surface area contributed by atoms with Gasteiger partial charge in [-0.25, -0.2) is 4.68 Å². The maximum absolute atomic E-state index is 13.4. The van der Waals surface area contributed by atoms with Gasteiger partial charge in [0, 0.05) is 23.5 Å². The van der Waals surface area contributed by atoms with Crippen LogP contribution in [0.1, 0.15) is 40.6 Å². The zero-order chi connectivity index (χ0) is 19.6. The molecule has 0 aliphatic heterocycles. The Hall–Kier alpha value is -1.94. The predicted octanol–water partition coefficient (Wildman–Crippen LogP) is 2.98. The summed E-state index contributed by atoms with van der Waals surface area (Å²) in [6, 6.07) is 7.11.